The smallest absolute Gasteiger partial charge is 0.243 e. The van der Waals surface area contributed by atoms with Gasteiger partial charge in [-0.15, -0.1) is 0 Å². The number of sulfonamides is 1. The summed E-state index contributed by atoms with van der Waals surface area (Å²) in [5.41, 5.74) is 1.70. The molecule has 3 rings (SSSR count). The van der Waals surface area contributed by atoms with Crippen molar-refractivity contribution in [3.05, 3.63) is 100 Å². The van der Waals surface area contributed by atoms with E-state index < -0.39 is 21.6 Å². The summed E-state index contributed by atoms with van der Waals surface area (Å²) < 4.78 is 26.4. The number of rotatable bonds is 12. The summed E-state index contributed by atoms with van der Waals surface area (Å²) in [4.78, 5) is 29.1. The SMILES string of the molecule is CC(C)(C)NC(=O)[C@@H](Cc1ccccc1)N(Cc1ccc(Cl)cc1)C(=O)CCCN(c1ccc(Cl)cc1)S(C)(=O)=O. The van der Waals surface area contributed by atoms with Crippen LogP contribution in [-0.4, -0.2) is 49.5 Å². The van der Waals surface area contributed by atoms with Gasteiger partial charge < -0.3 is 10.2 Å². The lowest BCUT2D eigenvalue weighted by Crippen LogP contribution is -2.54. The van der Waals surface area contributed by atoms with Gasteiger partial charge in [-0.3, -0.25) is 13.9 Å². The molecule has 0 radical (unpaired) electrons. The number of nitrogens with one attached hydrogen (secondary N) is 1. The molecule has 0 saturated heterocycles. The van der Waals surface area contributed by atoms with E-state index in [0.717, 1.165) is 17.4 Å². The molecular formula is C31H37Cl2N3O4S. The van der Waals surface area contributed by atoms with Gasteiger partial charge in [0.1, 0.15) is 6.04 Å². The molecule has 7 nitrogen and oxygen atoms in total. The van der Waals surface area contributed by atoms with E-state index in [2.05, 4.69) is 5.32 Å². The maximum Gasteiger partial charge on any atom is 0.243 e. The molecule has 3 aromatic carbocycles. The summed E-state index contributed by atoms with van der Waals surface area (Å²) in [7, 11) is -3.60. The van der Waals surface area contributed by atoms with Crippen LogP contribution in [0.2, 0.25) is 10.0 Å². The largest absolute Gasteiger partial charge is 0.350 e. The van der Waals surface area contributed by atoms with E-state index in [4.69, 9.17) is 23.2 Å². The molecule has 2 amide bonds. The Kier molecular flexibility index (Phi) is 11.2. The highest BCUT2D eigenvalue weighted by molar-refractivity contribution is 7.92. The van der Waals surface area contributed by atoms with E-state index in [1.54, 1.807) is 41.3 Å². The van der Waals surface area contributed by atoms with E-state index in [-0.39, 0.29) is 37.7 Å². The van der Waals surface area contributed by atoms with Crippen LogP contribution in [0.3, 0.4) is 0 Å². The van der Waals surface area contributed by atoms with Crippen molar-refractivity contribution in [2.45, 2.75) is 58.2 Å². The summed E-state index contributed by atoms with van der Waals surface area (Å²) >= 11 is 12.1. The Balaban J connectivity index is 1.89. The zero-order valence-electron chi connectivity index (χ0n) is 23.8. The first-order chi connectivity index (χ1) is 19.2. The fraction of sp³-hybridized carbons (Fsp3) is 0.355. The number of hydrogen-bond donors (Lipinski definition) is 1. The second kappa shape index (κ2) is 14.2. The van der Waals surface area contributed by atoms with Crippen LogP contribution in [0.5, 0.6) is 0 Å². The first-order valence-electron chi connectivity index (χ1n) is 13.4. The third-order valence-electron chi connectivity index (χ3n) is 6.30. The van der Waals surface area contributed by atoms with E-state index in [9.17, 15) is 18.0 Å². The minimum absolute atomic E-state index is 0.0429. The zero-order valence-corrected chi connectivity index (χ0v) is 26.1. The van der Waals surface area contributed by atoms with Crippen LogP contribution in [-0.2, 0) is 32.6 Å². The number of carbonyl (C=O) groups is 2. The lowest BCUT2D eigenvalue weighted by Gasteiger charge is -2.34. The fourth-order valence-electron chi connectivity index (χ4n) is 4.40. The van der Waals surface area contributed by atoms with Crippen LogP contribution in [0.25, 0.3) is 0 Å². The zero-order chi connectivity index (χ0) is 30.2. The summed E-state index contributed by atoms with van der Waals surface area (Å²) in [5, 5.41) is 4.10. The van der Waals surface area contributed by atoms with Gasteiger partial charge >= 0.3 is 0 Å². The predicted molar refractivity (Wildman–Crippen MR) is 167 cm³/mol. The number of benzene rings is 3. The highest BCUT2D eigenvalue weighted by atomic mass is 35.5. The van der Waals surface area contributed by atoms with Gasteiger partial charge in [-0.05, 0) is 74.7 Å². The van der Waals surface area contributed by atoms with Gasteiger partial charge in [0.2, 0.25) is 21.8 Å². The lowest BCUT2D eigenvalue weighted by molar-refractivity contribution is -0.142. The van der Waals surface area contributed by atoms with Gasteiger partial charge in [-0.2, -0.15) is 0 Å². The number of halogens is 2. The first kappa shape index (κ1) is 32.4. The van der Waals surface area contributed by atoms with Gasteiger partial charge in [0, 0.05) is 41.5 Å². The van der Waals surface area contributed by atoms with Crippen molar-refractivity contribution in [2.75, 3.05) is 17.1 Å². The number of amides is 2. The topological polar surface area (TPSA) is 86.8 Å². The van der Waals surface area contributed by atoms with E-state index >= 15 is 0 Å². The molecule has 1 atom stereocenters. The van der Waals surface area contributed by atoms with Crippen LogP contribution in [0.4, 0.5) is 5.69 Å². The Morgan fingerprint density at radius 2 is 1.41 bits per heavy atom. The van der Waals surface area contributed by atoms with E-state index in [0.29, 0.717) is 22.2 Å². The summed E-state index contributed by atoms with van der Waals surface area (Å²) in [6.45, 7) is 5.97. The van der Waals surface area contributed by atoms with Crippen LogP contribution < -0.4 is 9.62 Å². The van der Waals surface area contributed by atoms with Gasteiger partial charge in [0.25, 0.3) is 0 Å². The molecule has 0 saturated carbocycles. The molecule has 0 heterocycles. The lowest BCUT2D eigenvalue weighted by atomic mass is 10.00. The van der Waals surface area contributed by atoms with Crippen molar-refractivity contribution < 1.29 is 18.0 Å². The molecule has 0 aliphatic heterocycles. The first-order valence-corrected chi connectivity index (χ1v) is 16.0. The van der Waals surface area contributed by atoms with Crippen LogP contribution in [0, 0.1) is 0 Å². The molecule has 0 spiro atoms. The molecule has 1 N–H and O–H groups in total. The number of carbonyl (C=O) groups excluding carboxylic acids is 2. The second-order valence-electron chi connectivity index (χ2n) is 11.0. The average Bonchev–Trinajstić information content (AvgIpc) is 2.89. The molecule has 41 heavy (non-hydrogen) atoms. The molecule has 3 aromatic rings. The average molecular weight is 619 g/mol. The predicted octanol–water partition coefficient (Wildman–Crippen LogP) is 6.09. The minimum Gasteiger partial charge on any atom is -0.350 e. The van der Waals surface area contributed by atoms with Crippen LogP contribution in [0.15, 0.2) is 78.9 Å². The van der Waals surface area contributed by atoms with E-state index in [1.807, 2.05) is 63.2 Å². The molecule has 0 fully saturated rings. The third kappa shape index (κ3) is 10.4. The summed E-state index contributed by atoms with van der Waals surface area (Å²) in [5.74, 6) is -0.517. The number of nitrogens with zero attached hydrogens (tertiary/aromatic N) is 2. The van der Waals surface area contributed by atoms with Crippen molar-refractivity contribution in [3.8, 4) is 0 Å². The second-order valence-corrected chi connectivity index (χ2v) is 13.8. The summed E-state index contributed by atoms with van der Waals surface area (Å²) in [6, 6.07) is 22.4. The highest BCUT2D eigenvalue weighted by Crippen LogP contribution is 2.22. The van der Waals surface area contributed by atoms with Crippen LogP contribution >= 0.6 is 23.2 Å². The Labute approximate surface area is 253 Å². The van der Waals surface area contributed by atoms with Gasteiger partial charge in [0.05, 0.1) is 11.9 Å². The molecule has 0 aliphatic carbocycles. The Morgan fingerprint density at radius 1 is 0.854 bits per heavy atom. The van der Waals surface area contributed by atoms with Crippen LogP contribution in [0.1, 0.15) is 44.7 Å². The van der Waals surface area contributed by atoms with Crippen molar-refractivity contribution in [2.24, 2.45) is 0 Å². The molecule has 0 unspecified atom stereocenters. The normalized spacial score (nSPS) is 12.4. The number of hydrogen-bond acceptors (Lipinski definition) is 4. The van der Waals surface area contributed by atoms with Crippen molar-refractivity contribution >= 4 is 50.7 Å². The molecular weight excluding hydrogens is 581 g/mol. The monoisotopic (exact) mass is 617 g/mol. The molecule has 0 bridgehead atoms. The fourth-order valence-corrected chi connectivity index (χ4v) is 5.62. The summed E-state index contributed by atoms with van der Waals surface area (Å²) in [6.07, 6.45) is 1.75. The standard InChI is InChI=1S/C31H37Cl2N3O4S/c1-31(2,3)34-30(38)28(21-23-9-6-5-7-10-23)35(22-24-12-14-25(32)15-13-24)29(37)11-8-20-36(41(4,39)40)27-18-16-26(33)17-19-27/h5-7,9-10,12-19,28H,8,11,20-22H2,1-4H3,(H,34,38)/t28-/m1/s1. The van der Waals surface area contributed by atoms with Crippen molar-refractivity contribution in [3.63, 3.8) is 0 Å². The number of anilines is 1. The Bertz CT molecular complexity index is 1410. The molecule has 0 aromatic heterocycles. The van der Waals surface area contributed by atoms with Crippen molar-refractivity contribution in [1.29, 1.82) is 0 Å². The highest BCUT2D eigenvalue weighted by Gasteiger charge is 2.32. The van der Waals surface area contributed by atoms with Gasteiger partial charge in [0.15, 0.2) is 0 Å². The molecule has 10 heteroatoms. The maximum atomic E-state index is 13.9. The Hall–Kier alpha value is -3.07. The van der Waals surface area contributed by atoms with E-state index in [1.165, 1.54) is 4.31 Å². The minimum atomic E-state index is -3.60. The van der Waals surface area contributed by atoms with Gasteiger partial charge in [-0.25, -0.2) is 8.42 Å². The quantitative estimate of drug-likeness (QED) is 0.266. The molecule has 0 aliphatic rings. The third-order valence-corrected chi connectivity index (χ3v) is 8.00. The van der Waals surface area contributed by atoms with Gasteiger partial charge in [-0.1, -0.05) is 65.7 Å². The molecule has 220 valence electrons. The Morgan fingerprint density at radius 3 is 1.95 bits per heavy atom. The maximum absolute atomic E-state index is 13.9. The van der Waals surface area contributed by atoms with Crippen molar-refractivity contribution in [1.82, 2.24) is 10.2 Å².